The Morgan fingerprint density at radius 1 is 1.26 bits per heavy atom. The van der Waals surface area contributed by atoms with Crippen LogP contribution in [0, 0.1) is 22.1 Å². The zero-order valence-electron chi connectivity index (χ0n) is 14.9. The fraction of sp³-hybridized carbons (Fsp3) is 0.211. The van der Waals surface area contributed by atoms with Gasteiger partial charge in [-0.2, -0.15) is 0 Å². The van der Waals surface area contributed by atoms with Gasteiger partial charge in [0, 0.05) is 9.26 Å². The van der Waals surface area contributed by atoms with E-state index in [1.807, 2.05) is 32.9 Å². The van der Waals surface area contributed by atoms with Crippen molar-refractivity contribution in [3.05, 3.63) is 66.7 Å². The topological polar surface area (TPSA) is 50.4 Å². The second-order valence-corrected chi connectivity index (χ2v) is 8.12. The van der Waals surface area contributed by atoms with Crippen molar-refractivity contribution in [2.75, 3.05) is 11.9 Å². The van der Waals surface area contributed by atoms with E-state index in [-0.39, 0.29) is 22.3 Å². The molecule has 0 atom stereocenters. The summed E-state index contributed by atoms with van der Waals surface area (Å²) in [6.45, 7) is 5.78. The van der Waals surface area contributed by atoms with Crippen LogP contribution in [0.2, 0.25) is 0 Å². The molecule has 0 aliphatic rings. The molecule has 0 heterocycles. The predicted molar refractivity (Wildman–Crippen MR) is 114 cm³/mol. The Balaban J connectivity index is 2.36. The largest absolute Gasteiger partial charge is 0.352 e. The predicted octanol–water partition coefficient (Wildman–Crippen LogP) is 6.01. The van der Waals surface area contributed by atoms with Crippen molar-refractivity contribution in [1.82, 2.24) is 5.48 Å². The highest BCUT2D eigenvalue weighted by molar-refractivity contribution is 14.1. The molecule has 0 aliphatic carbocycles. The lowest BCUT2D eigenvalue weighted by Crippen LogP contribution is -2.25. The van der Waals surface area contributed by atoms with Gasteiger partial charge in [0.05, 0.1) is 22.3 Å². The van der Waals surface area contributed by atoms with E-state index in [0.717, 1.165) is 14.7 Å². The number of hydrogen-bond donors (Lipinski definition) is 2. The normalized spacial score (nSPS) is 10.5. The van der Waals surface area contributed by atoms with E-state index in [1.54, 1.807) is 12.1 Å². The summed E-state index contributed by atoms with van der Waals surface area (Å²) in [5, 5.41) is 2.83. The summed E-state index contributed by atoms with van der Waals surface area (Å²) in [7, 11) is 0. The lowest BCUT2D eigenvalue weighted by molar-refractivity contribution is 0.0420. The van der Waals surface area contributed by atoms with Gasteiger partial charge in [0.1, 0.15) is 0 Å². The summed E-state index contributed by atoms with van der Waals surface area (Å²) < 4.78 is 29.5. The van der Waals surface area contributed by atoms with Crippen LogP contribution >= 0.6 is 38.5 Å². The molecule has 0 aliphatic heterocycles. The van der Waals surface area contributed by atoms with E-state index >= 15 is 0 Å². The number of carbonyl (C=O) groups is 1. The van der Waals surface area contributed by atoms with Gasteiger partial charge in [-0.1, -0.05) is 11.6 Å². The highest BCUT2D eigenvalue weighted by atomic mass is 127. The first-order valence-electron chi connectivity index (χ1n) is 7.97. The number of amides is 1. The number of anilines is 2. The van der Waals surface area contributed by atoms with Crippen molar-refractivity contribution in [1.29, 1.82) is 0 Å². The van der Waals surface area contributed by atoms with Gasteiger partial charge < -0.3 is 5.32 Å². The van der Waals surface area contributed by atoms with Gasteiger partial charge in [-0.25, -0.2) is 14.3 Å². The summed E-state index contributed by atoms with van der Waals surface area (Å²) in [6.07, 6.45) is 1.77. The molecule has 0 fully saturated rings. The summed E-state index contributed by atoms with van der Waals surface area (Å²) in [4.78, 5) is 17.5. The average Bonchev–Trinajstić information content (AvgIpc) is 2.60. The Kier molecular flexibility index (Phi) is 7.75. The lowest BCUT2D eigenvalue weighted by Gasteiger charge is -2.16. The molecule has 2 aromatic rings. The Bertz CT molecular complexity index is 900. The van der Waals surface area contributed by atoms with E-state index in [0.29, 0.717) is 5.69 Å². The van der Waals surface area contributed by atoms with Crippen molar-refractivity contribution < 1.29 is 18.4 Å². The maximum absolute atomic E-state index is 14.6. The number of carbonyl (C=O) groups excluding carboxylic acids is 1. The second-order valence-electron chi connectivity index (χ2n) is 6.02. The van der Waals surface area contributed by atoms with Crippen LogP contribution < -0.4 is 10.8 Å². The number of benzene rings is 2. The minimum Gasteiger partial charge on any atom is -0.352 e. The molecule has 0 bridgehead atoms. The Labute approximate surface area is 178 Å². The number of halogens is 4. The van der Waals surface area contributed by atoms with E-state index in [9.17, 15) is 13.6 Å². The number of hydroxylamine groups is 1. The molecule has 4 nitrogen and oxygen atoms in total. The van der Waals surface area contributed by atoms with Crippen LogP contribution in [0.5, 0.6) is 0 Å². The van der Waals surface area contributed by atoms with Gasteiger partial charge in [0.15, 0.2) is 11.6 Å². The van der Waals surface area contributed by atoms with E-state index in [4.69, 9.17) is 4.84 Å². The summed E-state index contributed by atoms with van der Waals surface area (Å²) in [6, 6.07) is 6.66. The van der Waals surface area contributed by atoms with Crippen molar-refractivity contribution in [2.24, 2.45) is 0 Å². The molecular formula is C19H18BrF2IN2O2. The molecule has 2 rings (SSSR count). The first-order valence-corrected chi connectivity index (χ1v) is 9.84. The third kappa shape index (κ3) is 5.73. The van der Waals surface area contributed by atoms with Crippen LogP contribution in [0.15, 0.2) is 40.4 Å². The molecule has 8 heteroatoms. The van der Waals surface area contributed by atoms with Crippen LogP contribution in [0.1, 0.15) is 29.8 Å². The molecule has 0 unspecified atom stereocenters. The minimum absolute atomic E-state index is 0.0871. The highest BCUT2D eigenvalue weighted by Gasteiger charge is 2.22. The maximum Gasteiger partial charge on any atom is 0.277 e. The third-order valence-corrected chi connectivity index (χ3v) is 4.84. The Morgan fingerprint density at radius 3 is 2.59 bits per heavy atom. The van der Waals surface area contributed by atoms with Crippen LogP contribution in [0.3, 0.4) is 0 Å². The third-order valence-electron chi connectivity index (χ3n) is 3.59. The second kappa shape index (κ2) is 9.61. The molecule has 27 heavy (non-hydrogen) atoms. The monoisotopic (exact) mass is 550 g/mol. The zero-order valence-corrected chi connectivity index (χ0v) is 18.7. The number of hydrogen-bond acceptors (Lipinski definition) is 3. The number of nitrogens with one attached hydrogen (secondary N) is 2. The van der Waals surface area contributed by atoms with Gasteiger partial charge in [0.25, 0.3) is 5.91 Å². The van der Waals surface area contributed by atoms with Gasteiger partial charge in [-0.05, 0) is 89.1 Å². The fourth-order valence-electron chi connectivity index (χ4n) is 2.17. The van der Waals surface area contributed by atoms with Crippen LogP contribution in [0.4, 0.5) is 20.2 Å². The number of allylic oxidation sites excluding steroid dienone is 1. The highest BCUT2D eigenvalue weighted by Crippen LogP contribution is 2.32. The fourth-order valence-corrected chi connectivity index (χ4v) is 3.22. The first-order chi connectivity index (χ1) is 12.7. The van der Waals surface area contributed by atoms with E-state index in [1.165, 1.54) is 6.07 Å². The molecule has 0 radical (unpaired) electrons. The van der Waals surface area contributed by atoms with Gasteiger partial charge in [-0.3, -0.25) is 9.63 Å². The molecule has 0 saturated carbocycles. The molecule has 0 spiro atoms. The molecular weight excluding hydrogens is 533 g/mol. The summed E-state index contributed by atoms with van der Waals surface area (Å²) in [5.41, 5.74) is 4.31. The van der Waals surface area contributed by atoms with E-state index < -0.39 is 17.5 Å². The van der Waals surface area contributed by atoms with Gasteiger partial charge in [-0.15, -0.1) is 0 Å². The standard InChI is InChI=1S/C19H18BrF2IN2O2/c1-10(2)6-7-27-25-19(26)13-9-14(20)16(21)17(22)18(13)24-15-5-4-12(23)8-11(15)3/h4-6,8-9,24H,7H2,1-3H3,(H,25,26). The molecule has 0 saturated heterocycles. The molecule has 2 N–H and O–H groups in total. The zero-order chi connectivity index (χ0) is 20.1. The lowest BCUT2D eigenvalue weighted by atomic mass is 10.1. The van der Waals surface area contributed by atoms with Gasteiger partial charge >= 0.3 is 0 Å². The van der Waals surface area contributed by atoms with Gasteiger partial charge in [0.2, 0.25) is 0 Å². The van der Waals surface area contributed by atoms with E-state index in [2.05, 4.69) is 49.3 Å². The van der Waals surface area contributed by atoms with Crippen LogP contribution in [0.25, 0.3) is 0 Å². The molecule has 1 amide bonds. The van der Waals surface area contributed by atoms with Crippen LogP contribution in [-0.4, -0.2) is 12.5 Å². The van der Waals surface area contributed by atoms with Crippen molar-refractivity contribution in [2.45, 2.75) is 20.8 Å². The smallest absolute Gasteiger partial charge is 0.277 e. The molecule has 0 aromatic heterocycles. The van der Waals surface area contributed by atoms with Crippen molar-refractivity contribution in [3.63, 3.8) is 0 Å². The molecule has 2 aromatic carbocycles. The van der Waals surface area contributed by atoms with Crippen molar-refractivity contribution in [3.8, 4) is 0 Å². The van der Waals surface area contributed by atoms with Crippen molar-refractivity contribution >= 4 is 55.8 Å². The Hall–Kier alpha value is -1.52. The number of aryl methyl sites for hydroxylation is 1. The van der Waals surface area contributed by atoms with Crippen LogP contribution in [-0.2, 0) is 4.84 Å². The SMILES string of the molecule is CC(C)=CCONC(=O)c1cc(Br)c(F)c(F)c1Nc1ccc(I)cc1C. The maximum atomic E-state index is 14.6. The Morgan fingerprint density at radius 2 is 1.96 bits per heavy atom. The minimum atomic E-state index is -1.16. The summed E-state index contributed by atoms with van der Waals surface area (Å²) in [5.74, 6) is -2.93. The summed E-state index contributed by atoms with van der Waals surface area (Å²) >= 11 is 5.09. The first kappa shape index (κ1) is 21.8. The quantitative estimate of drug-likeness (QED) is 0.152. The average molecular weight is 551 g/mol. The number of rotatable bonds is 6. The molecule has 144 valence electrons.